The van der Waals surface area contributed by atoms with Crippen molar-refractivity contribution in [2.75, 3.05) is 11.4 Å². The molecule has 0 atom stereocenters. The predicted octanol–water partition coefficient (Wildman–Crippen LogP) is 3.08. The molecule has 2 aliphatic heterocycles. The molecule has 0 bridgehead atoms. The van der Waals surface area contributed by atoms with Gasteiger partial charge < -0.3 is 9.64 Å². The molecule has 0 saturated heterocycles. The monoisotopic (exact) mass is 344 g/mol. The van der Waals surface area contributed by atoms with Crippen molar-refractivity contribution in [1.82, 2.24) is 4.98 Å². The van der Waals surface area contributed by atoms with E-state index >= 15 is 0 Å². The lowest BCUT2D eigenvalue weighted by Crippen LogP contribution is -2.30. The van der Waals surface area contributed by atoms with Crippen LogP contribution in [-0.4, -0.2) is 17.5 Å². The second-order valence-electron chi connectivity index (χ2n) is 5.36. The number of anilines is 1. The summed E-state index contributed by atoms with van der Waals surface area (Å²) in [5.41, 5.74) is 5.44. The van der Waals surface area contributed by atoms with Crippen LogP contribution in [0, 0.1) is 0 Å². The van der Waals surface area contributed by atoms with Crippen LogP contribution in [0.25, 0.3) is 0 Å². The fourth-order valence-corrected chi connectivity index (χ4v) is 3.35. The second-order valence-corrected chi connectivity index (χ2v) is 6.17. The lowest BCUT2D eigenvalue weighted by molar-refractivity contribution is 0.0535. The van der Waals surface area contributed by atoms with Gasteiger partial charge in [-0.3, -0.25) is 0 Å². The SMILES string of the molecule is O=C1OCc2cc3c(cc21)CN(c1ccnc(Br)c1)CC3. The number of pyridine rings is 1. The number of carbonyl (C=O) groups is 1. The number of aromatic nitrogens is 1. The highest BCUT2D eigenvalue weighted by Crippen LogP contribution is 2.30. The maximum atomic E-state index is 11.7. The number of carbonyl (C=O) groups excluding carboxylic acids is 1. The molecule has 0 N–H and O–H groups in total. The topological polar surface area (TPSA) is 42.4 Å². The van der Waals surface area contributed by atoms with Gasteiger partial charge in [0, 0.05) is 30.5 Å². The predicted molar refractivity (Wildman–Crippen MR) is 82.3 cm³/mol. The summed E-state index contributed by atoms with van der Waals surface area (Å²) < 4.78 is 5.94. The van der Waals surface area contributed by atoms with Gasteiger partial charge in [-0.05, 0) is 51.7 Å². The first-order chi connectivity index (χ1) is 10.2. The van der Waals surface area contributed by atoms with Crippen molar-refractivity contribution in [2.45, 2.75) is 19.6 Å². The molecule has 2 aromatic rings. The molecule has 2 aliphatic rings. The number of rotatable bonds is 1. The zero-order chi connectivity index (χ0) is 14.4. The minimum atomic E-state index is -0.198. The number of fused-ring (bicyclic) bond motifs is 2. The van der Waals surface area contributed by atoms with E-state index in [1.54, 1.807) is 6.20 Å². The number of nitrogens with zero attached hydrogens (tertiary/aromatic N) is 2. The molecular formula is C16H13BrN2O2. The summed E-state index contributed by atoms with van der Waals surface area (Å²) in [5, 5.41) is 0. The molecule has 0 amide bonds. The normalized spacial score (nSPS) is 16.4. The van der Waals surface area contributed by atoms with Crippen LogP contribution in [0.4, 0.5) is 5.69 Å². The molecule has 0 unspecified atom stereocenters. The molecule has 0 radical (unpaired) electrons. The Bertz CT molecular complexity index is 745. The van der Waals surface area contributed by atoms with E-state index in [2.05, 4.69) is 31.9 Å². The molecule has 21 heavy (non-hydrogen) atoms. The Kier molecular flexibility index (Phi) is 2.96. The highest BCUT2D eigenvalue weighted by Gasteiger charge is 2.25. The zero-order valence-electron chi connectivity index (χ0n) is 11.3. The number of hydrogen-bond donors (Lipinski definition) is 0. The maximum absolute atomic E-state index is 11.7. The van der Waals surface area contributed by atoms with E-state index in [-0.39, 0.29) is 5.97 Å². The van der Waals surface area contributed by atoms with E-state index in [0.29, 0.717) is 6.61 Å². The Morgan fingerprint density at radius 2 is 2.10 bits per heavy atom. The molecule has 106 valence electrons. The quantitative estimate of drug-likeness (QED) is 0.589. The first-order valence-electron chi connectivity index (χ1n) is 6.89. The van der Waals surface area contributed by atoms with E-state index in [4.69, 9.17) is 4.74 Å². The van der Waals surface area contributed by atoms with E-state index < -0.39 is 0 Å². The third-order valence-corrected chi connectivity index (χ3v) is 4.53. The average molecular weight is 345 g/mol. The van der Waals surface area contributed by atoms with Gasteiger partial charge in [0.15, 0.2) is 0 Å². The summed E-state index contributed by atoms with van der Waals surface area (Å²) in [7, 11) is 0. The first kappa shape index (κ1) is 12.8. The van der Waals surface area contributed by atoms with Gasteiger partial charge in [-0.1, -0.05) is 6.07 Å². The van der Waals surface area contributed by atoms with Gasteiger partial charge >= 0.3 is 5.97 Å². The summed E-state index contributed by atoms with van der Waals surface area (Å²) in [6, 6.07) is 8.17. The van der Waals surface area contributed by atoms with Crippen LogP contribution in [0.2, 0.25) is 0 Å². The van der Waals surface area contributed by atoms with Crippen LogP contribution >= 0.6 is 15.9 Å². The smallest absolute Gasteiger partial charge is 0.338 e. The van der Waals surface area contributed by atoms with Crippen molar-refractivity contribution in [3.05, 3.63) is 57.3 Å². The van der Waals surface area contributed by atoms with E-state index in [1.165, 1.54) is 11.1 Å². The van der Waals surface area contributed by atoms with Crippen LogP contribution in [0.1, 0.15) is 27.0 Å². The van der Waals surface area contributed by atoms with Crippen LogP contribution in [-0.2, 0) is 24.3 Å². The fourth-order valence-electron chi connectivity index (χ4n) is 3.00. The van der Waals surface area contributed by atoms with Crippen molar-refractivity contribution < 1.29 is 9.53 Å². The van der Waals surface area contributed by atoms with Gasteiger partial charge in [0.05, 0.1) is 5.56 Å². The number of ether oxygens (including phenoxy) is 1. The molecule has 3 heterocycles. The minimum absolute atomic E-state index is 0.198. The highest BCUT2D eigenvalue weighted by molar-refractivity contribution is 9.10. The van der Waals surface area contributed by atoms with Gasteiger partial charge in [0.1, 0.15) is 11.2 Å². The standard InChI is InChI=1S/C16H13BrN2O2/c17-15-7-13(1-3-18-15)19-4-2-10-5-12-9-21-16(20)14(12)6-11(10)8-19/h1,3,5-7H,2,4,8-9H2. The summed E-state index contributed by atoms with van der Waals surface area (Å²) in [6.07, 6.45) is 2.78. The molecule has 4 nitrogen and oxygen atoms in total. The largest absolute Gasteiger partial charge is 0.457 e. The Labute approximate surface area is 130 Å². The number of hydrogen-bond acceptors (Lipinski definition) is 4. The Morgan fingerprint density at radius 1 is 1.19 bits per heavy atom. The summed E-state index contributed by atoms with van der Waals surface area (Å²) in [5.74, 6) is -0.198. The molecule has 5 heteroatoms. The zero-order valence-corrected chi connectivity index (χ0v) is 12.9. The minimum Gasteiger partial charge on any atom is -0.457 e. The lowest BCUT2D eigenvalue weighted by atomic mass is 9.94. The summed E-state index contributed by atoms with van der Waals surface area (Å²) in [4.78, 5) is 18.2. The third kappa shape index (κ3) is 2.21. The Morgan fingerprint density at radius 3 is 2.95 bits per heavy atom. The van der Waals surface area contributed by atoms with Gasteiger partial charge in [-0.15, -0.1) is 0 Å². The maximum Gasteiger partial charge on any atom is 0.338 e. The first-order valence-corrected chi connectivity index (χ1v) is 7.68. The van der Waals surface area contributed by atoms with Crippen LogP contribution in [0.3, 0.4) is 0 Å². The van der Waals surface area contributed by atoms with Crippen molar-refractivity contribution in [2.24, 2.45) is 0 Å². The van der Waals surface area contributed by atoms with E-state index in [0.717, 1.165) is 40.9 Å². The van der Waals surface area contributed by atoms with Crippen LogP contribution in [0.15, 0.2) is 35.1 Å². The van der Waals surface area contributed by atoms with Crippen molar-refractivity contribution in [3.8, 4) is 0 Å². The molecule has 1 aromatic heterocycles. The molecular weight excluding hydrogens is 332 g/mol. The van der Waals surface area contributed by atoms with Crippen molar-refractivity contribution in [1.29, 1.82) is 0 Å². The number of cyclic esters (lactones) is 1. The van der Waals surface area contributed by atoms with Crippen LogP contribution < -0.4 is 4.90 Å². The second kappa shape index (κ2) is 4.84. The molecule has 4 rings (SSSR count). The Balaban J connectivity index is 1.69. The third-order valence-electron chi connectivity index (χ3n) is 4.09. The van der Waals surface area contributed by atoms with Gasteiger partial charge in [-0.2, -0.15) is 0 Å². The van der Waals surface area contributed by atoms with E-state index in [9.17, 15) is 4.79 Å². The number of esters is 1. The number of benzene rings is 1. The summed E-state index contributed by atoms with van der Waals surface area (Å²) >= 11 is 3.41. The van der Waals surface area contributed by atoms with Crippen molar-refractivity contribution in [3.63, 3.8) is 0 Å². The molecule has 0 aliphatic carbocycles. The average Bonchev–Trinajstić information content (AvgIpc) is 2.85. The van der Waals surface area contributed by atoms with Gasteiger partial charge in [0.25, 0.3) is 0 Å². The molecule has 0 spiro atoms. The lowest BCUT2D eigenvalue weighted by Gasteiger charge is -2.31. The number of halogens is 1. The Hall–Kier alpha value is -1.88. The fraction of sp³-hybridized carbons (Fsp3) is 0.250. The molecule has 0 saturated carbocycles. The molecule has 1 aromatic carbocycles. The van der Waals surface area contributed by atoms with Crippen molar-refractivity contribution >= 4 is 27.6 Å². The van der Waals surface area contributed by atoms with Crippen LogP contribution in [0.5, 0.6) is 0 Å². The van der Waals surface area contributed by atoms with Gasteiger partial charge in [0.2, 0.25) is 0 Å². The van der Waals surface area contributed by atoms with Gasteiger partial charge in [-0.25, -0.2) is 9.78 Å². The van der Waals surface area contributed by atoms with E-state index in [1.807, 2.05) is 18.2 Å². The molecule has 0 fully saturated rings. The summed E-state index contributed by atoms with van der Waals surface area (Å²) in [6.45, 7) is 2.20. The highest BCUT2D eigenvalue weighted by atomic mass is 79.9.